The van der Waals surface area contributed by atoms with Crippen molar-refractivity contribution in [2.24, 2.45) is 5.73 Å². The van der Waals surface area contributed by atoms with Gasteiger partial charge in [-0.1, -0.05) is 6.07 Å². The number of hydrogen-bond acceptors (Lipinski definition) is 2. The number of rotatable bonds is 2. The van der Waals surface area contributed by atoms with E-state index in [1.807, 2.05) is 0 Å². The number of nitrogens with two attached hydrogens (primary N) is 1. The second-order valence-corrected chi connectivity index (χ2v) is 2.59. The van der Waals surface area contributed by atoms with Crippen molar-refractivity contribution in [3.63, 3.8) is 0 Å². The molecule has 1 amide bonds. The van der Waals surface area contributed by atoms with Gasteiger partial charge in [0.05, 0.1) is 5.56 Å². The Hall–Kier alpha value is -2.15. The van der Waals surface area contributed by atoms with Crippen LogP contribution in [0.1, 0.15) is 11.1 Å². The molecule has 0 spiro atoms. The predicted molar refractivity (Wildman–Crippen MR) is 49.3 cm³/mol. The Labute approximate surface area is 80.3 Å². The van der Waals surface area contributed by atoms with Crippen molar-refractivity contribution in [2.45, 2.75) is 0 Å². The Bertz CT molecular complexity index is 432. The van der Waals surface area contributed by atoms with Crippen LogP contribution >= 0.6 is 0 Å². The standard InChI is InChI=1S/C10H7FN2O/c11-9-3-1-7(2-4-10(13)14)5-8(9)6-12/h1-5H,(H2,13,14). The molecule has 0 fully saturated rings. The van der Waals surface area contributed by atoms with E-state index in [4.69, 9.17) is 11.0 Å². The van der Waals surface area contributed by atoms with Gasteiger partial charge in [-0.3, -0.25) is 4.79 Å². The van der Waals surface area contributed by atoms with Gasteiger partial charge >= 0.3 is 0 Å². The summed E-state index contributed by atoms with van der Waals surface area (Å²) in [4.78, 5) is 10.4. The lowest BCUT2D eigenvalue weighted by Crippen LogP contribution is -2.05. The van der Waals surface area contributed by atoms with E-state index in [0.717, 1.165) is 6.08 Å². The van der Waals surface area contributed by atoms with Crippen LogP contribution in [-0.2, 0) is 4.79 Å². The van der Waals surface area contributed by atoms with Gasteiger partial charge in [0.2, 0.25) is 5.91 Å². The lowest BCUT2D eigenvalue weighted by molar-refractivity contribution is -0.113. The van der Waals surface area contributed by atoms with Crippen molar-refractivity contribution in [3.8, 4) is 6.07 Å². The molecule has 14 heavy (non-hydrogen) atoms. The molecule has 3 nitrogen and oxygen atoms in total. The maximum Gasteiger partial charge on any atom is 0.241 e. The SMILES string of the molecule is N#Cc1cc(C=CC(N)=O)ccc1F. The Morgan fingerprint density at radius 1 is 1.57 bits per heavy atom. The van der Waals surface area contributed by atoms with Gasteiger partial charge in [0.25, 0.3) is 0 Å². The molecule has 2 N–H and O–H groups in total. The van der Waals surface area contributed by atoms with Crippen LogP contribution in [0.4, 0.5) is 4.39 Å². The van der Waals surface area contributed by atoms with E-state index in [9.17, 15) is 9.18 Å². The molecular weight excluding hydrogens is 183 g/mol. The molecular formula is C10H7FN2O. The molecule has 0 atom stereocenters. The summed E-state index contributed by atoms with van der Waals surface area (Å²) in [5.74, 6) is -1.17. The third-order valence-electron chi connectivity index (χ3n) is 1.55. The molecule has 1 aromatic rings. The summed E-state index contributed by atoms with van der Waals surface area (Å²) >= 11 is 0. The molecule has 0 unspecified atom stereocenters. The van der Waals surface area contributed by atoms with E-state index >= 15 is 0 Å². The van der Waals surface area contributed by atoms with Crippen molar-refractivity contribution >= 4 is 12.0 Å². The van der Waals surface area contributed by atoms with E-state index in [-0.39, 0.29) is 5.56 Å². The number of hydrogen-bond donors (Lipinski definition) is 1. The summed E-state index contributed by atoms with van der Waals surface area (Å²) in [5, 5.41) is 8.51. The number of nitrogens with zero attached hydrogens (tertiary/aromatic N) is 1. The molecule has 0 heterocycles. The highest BCUT2D eigenvalue weighted by Gasteiger charge is 2.00. The van der Waals surface area contributed by atoms with Crippen LogP contribution < -0.4 is 5.73 Å². The minimum Gasteiger partial charge on any atom is -0.366 e. The minimum absolute atomic E-state index is 0.0587. The highest BCUT2D eigenvalue weighted by Crippen LogP contribution is 2.10. The van der Waals surface area contributed by atoms with Gasteiger partial charge in [0, 0.05) is 6.08 Å². The van der Waals surface area contributed by atoms with Gasteiger partial charge < -0.3 is 5.73 Å². The van der Waals surface area contributed by atoms with Crippen LogP contribution in [0.25, 0.3) is 6.08 Å². The van der Waals surface area contributed by atoms with Crippen molar-refractivity contribution < 1.29 is 9.18 Å². The van der Waals surface area contributed by atoms with Gasteiger partial charge in [0.1, 0.15) is 11.9 Å². The molecule has 4 heteroatoms. The molecule has 0 aliphatic carbocycles. The summed E-state index contributed by atoms with van der Waals surface area (Å²) < 4.78 is 12.8. The minimum atomic E-state index is -0.590. The third kappa shape index (κ3) is 2.42. The van der Waals surface area contributed by atoms with E-state index in [1.165, 1.54) is 24.3 Å². The number of halogens is 1. The summed E-state index contributed by atoms with van der Waals surface area (Å²) in [6, 6.07) is 5.66. The number of carbonyl (C=O) groups excluding carboxylic acids is 1. The Morgan fingerprint density at radius 3 is 2.86 bits per heavy atom. The average molecular weight is 190 g/mol. The van der Waals surface area contributed by atoms with Crippen molar-refractivity contribution in [1.82, 2.24) is 0 Å². The second-order valence-electron chi connectivity index (χ2n) is 2.59. The van der Waals surface area contributed by atoms with Gasteiger partial charge in [-0.2, -0.15) is 5.26 Å². The van der Waals surface area contributed by atoms with Crippen molar-refractivity contribution in [3.05, 3.63) is 41.2 Å². The summed E-state index contributed by atoms with van der Waals surface area (Å²) in [6.07, 6.45) is 2.57. The molecule has 0 aliphatic rings. The van der Waals surface area contributed by atoms with E-state index in [1.54, 1.807) is 6.07 Å². The Morgan fingerprint density at radius 2 is 2.29 bits per heavy atom. The van der Waals surface area contributed by atoms with Crippen LogP contribution in [0.15, 0.2) is 24.3 Å². The van der Waals surface area contributed by atoms with Gasteiger partial charge in [-0.15, -0.1) is 0 Å². The summed E-state index contributed by atoms with van der Waals surface area (Å²) in [5.41, 5.74) is 5.37. The normalized spacial score (nSPS) is 10.0. The van der Waals surface area contributed by atoms with E-state index in [0.29, 0.717) is 5.56 Å². The number of nitriles is 1. The fraction of sp³-hybridized carbons (Fsp3) is 0. The molecule has 70 valence electrons. The average Bonchev–Trinajstić information content (AvgIpc) is 2.16. The van der Waals surface area contributed by atoms with Crippen LogP contribution in [0.5, 0.6) is 0 Å². The Kier molecular flexibility index (Phi) is 2.97. The number of primary amides is 1. The lowest BCUT2D eigenvalue weighted by atomic mass is 10.1. The highest BCUT2D eigenvalue weighted by atomic mass is 19.1. The molecule has 0 radical (unpaired) electrons. The first-order valence-electron chi connectivity index (χ1n) is 3.80. The highest BCUT2D eigenvalue weighted by molar-refractivity contribution is 5.90. The van der Waals surface area contributed by atoms with Crippen LogP contribution in [-0.4, -0.2) is 5.91 Å². The van der Waals surface area contributed by atoms with Crippen LogP contribution in [0.3, 0.4) is 0 Å². The lowest BCUT2D eigenvalue weighted by Gasteiger charge is -1.95. The first-order valence-corrected chi connectivity index (χ1v) is 3.80. The fourth-order valence-corrected chi connectivity index (χ4v) is 0.911. The van der Waals surface area contributed by atoms with Crippen molar-refractivity contribution in [1.29, 1.82) is 5.26 Å². The van der Waals surface area contributed by atoms with E-state index < -0.39 is 11.7 Å². The Balaban J connectivity index is 3.03. The monoisotopic (exact) mass is 190 g/mol. The summed E-state index contributed by atoms with van der Waals surface area (Å²) in [7, 11) is 0. The van der Waals surface area contributed by atoms with Crippen LogP contribution in [0, 0.1) is 17.1 Å². The smallest absolute Gasteiger partial charge is 0.241 e. The fourth-order valence-electron chi connectivity index (χ4n) is 0.911. The van der Waals surface area contributed by atoms with E-state index in [2.05, 4.69) is 0 Å². The molecule has 1 rings (SSSR count). The zero-order valence-electron chi connectivity index (χ0n) is 7.20. The summed E-state index contributed by atoms with van der Waals surface area (Å²) in [6.45, 7) is 0. The van der Waals surface area contributed by atoms with Gasteiger partial charge in [-0.05, 0) is 23.8 Å². The second kappa shape index (κ2) is 4.19. The number of amides is 1. The van der Waals surface area contributed by atoms with Crippen LogP contribution in [0.2, 0.25) is 0 Å². The number of benzene rings is 1. The number of carbonyl (C=O) groups is 1. The van der Waals surface area contributed by atoms with Crippen molar-refractivity contribution in [2.75, 3.05) is 0 Å². The zero-order chi connectivity index (χ0) is 10.6. The zero-order valence-corrected chi connectivity index (χ0v) is 7.20. The molecule has 0 bridgehead atoms. The van der Waals surface area contributed by atoms with Gasteiger partial charge in [0.15, 0.2) is 0 Å². The van der Waals surface area contributed by atoms with Gasteiger partial charge in [-0.25, -0.2) is 4.39 Å². The maximum absolute atomic E-state index is 12.8. The first-order chi connectivity index (χ1) is 6.63. The largest absolute Gasteiger partial charge is 0.366 e. The topological polar surface area (TPSA) is 66.9 Å². The molecule has 0 aromatic heterocycles. The quantitative estimate of drug-likeness (QED) is 0.712. The first kappa shape index (κ1) is 9.93. The molecule has 0 saturated carbocycles. The molecule has 0 aliphatic heterocycles. The molecule has 1 aromatic carbocycles. The predicted octanol–water partition coefficient (Wildman–Crippen LogP) is 1.20. The third-order valence-corrected chi connectivity index (χ3v) is 1.55. The maximum atomic E-state index is 12.8. The molecule has 0 saturated heterocycles.